The van der Waals surface area contributed by atoms with Crippen molar-refractivity contribution >= 4 is 17.6 Å². The standard InChI is InChI=1S/C12H11ClN2O2/c1-2-17-12(16)10-7-8-15(14-10)11-6-4-3-5-9(11)13/h3-8H,2H2,1H3. The largest absolute Gasteiger partial charge is 0.461 e. The molecule has 0 radical (unpaired) electrons. The quantitative estimate of drug-likeness (QED) is 0.787. The van der Waals surface area contributed by atoms with Gasteiger partial charge in [0.05, 0.1) is 17.3 Å². The fourth-order valence-corrected chi connectivity index (χ4v) is 1.63. The minimum absolute atomic E-state index is 0.270. The first-order valence-electron chi connectivity index (χ1n) is 5.20. The molecule has 0 saturated carbocycles. The van der Waals surface area contributed by atoms with Crippen LogP contribution in [0.4, 0.5) is 0 Å². The van der Waals surface area contributed by atoms with Crippen molar-refractivity contribution in [2.24, 2.45) is 0 Å². The zero-order chi connectivity index (χ0) is 12.3. The number of halogens is 1. The van der Waals surface area contributed by atoms with E-state index in [1.807, 2.05) is 18.2 Å². The van der Waals surface area contributed by atoms with E-state index in [0.29, 0.717) is 11.6 Å². The van der Waals surface area contributed by atoms with E-state index < -0.39 is 5.97 Å². The lowest BCUT2D eigenvalue weighted by Gasteiger charge is -2.03. The molecule has 0 N–H and O–H groups in total. The fraction of sp³-hybridized carbons (Fsp3) is 0.167. The number of rotatable bonds is 3. The molecule has 0 saturated heterocycles. The molecule has 88 valence electrons. The number of esters is 1. The van der Waals surface area contributed by atoms with Crippen molar-refractivity contribution in [3.8, 4) is 5.69 Å². The molecule has 0 aliphatic heterocycles. The van der Waals surface area contributed by atoms with Gasteiger partial charge in [0.2, 0.25) is 0 Å². The van der Waals surface area contributed by atoms with Crippen molar-refractivity contribution < 1.29 is 9.53 Å². The Bertz CT molecular complexity index is 537. The molecule has 0 fully saturated rings. The summed E-state index contributed by atoms with van der Waals surface area (Å²) in [5.74, 6) is -0.432. The molecular weight excluding hydrogens is 240 g/mol. The van der Waals surface area contributed by atoms with Gasteiger partial charge in [0.15, 0.2) is 5.69 Å². The van der Waals surface area contributed by atoms with E-state index in [4.69, 9.17) is 16.3 Å². The van der Waals surface area contributed by atoms with Crippen molar-refractivity contribution in [3.63, 3.8) is 0 Å². The summed E-state index contributed by atoms with van der Waals surface area (Å²) in [6.45, 7) is 2.08. The second kappa shape index (κ2) is 5.01. The minimum atomic E-state index is -0.432. The van der Waals surface area contributed by atoms with Crippen LogP contribution in [0.1, 0.15) is 17.4 Å². The Balaban J connectivity index is 2.30. The van der Waals surface area contributed by atoms with Crippen LogP contribution in [0, 0.1) is 0 Å². The molecule has 2 rings (SSSR count). The average Bonchev–Trinajstić information content (AvgIpc) is 2.79. The lowest BCUT2D eigenvalue weighted by atomic mass is 10.3. The topological polar surface area (TPSA) is 44.1 Å². The molecule has 0 amide bonds. The highest BCUT2D eigenvalue weighted by atomic mass is 35.5. The summed E-state index contributed by atoms with van der Waals surface area (Å²) in [5.41, 5.74) is 0.997. The highest BCUT2D eigenvalue weighted by Crippen LogP contribution is 2.19. The van der Waals surface area contributed by atoms with Crippen molar-refractivity contribution in [2.45, 2.75) is 6.92 Å². The SMILES string of the molecule is CCOC(=O)c1ccn(-c2ccccc2Cl)n1. The Hall–Kier alpha value is -1.81. The van der Waals surface area contributed by atoms with Gasteiger partial charge in [-0.25, -0.2) is 9.48 Å². The van der Waals surface area contributed by atoms with Gasteiger partial charge in [-0.3, -0.25) is 0 Å². The Morgan fingerprint density at radius 3 is 2.88 bits per heavy atom. The summed E-state index contributed by atoms with van der Waals surface area (Å²) in [5, 5.41) is 4.69. The maximum Gasteiger partial charge on any atom is 0.358 e. The van der Waals surface area contributed by atoms with Crippen LogP contribution in [0.5, 0.6) is 0 Å². The highest BCUT2D eigenvalue weighted by molar-refractivity contribution is 6.32. The normalized spacial score (nSPS) is 10.2. The second-order valence-corrected chi connectivity index (χ2v) is 3.72. The molecule has 1 aromatic heterocycles. The van der Waals surface area contributed by atoms with Crippen molar-refractivity contribution in [2.75, 3.05) is 6.61 Å². The summed E-state index contributed by atoms with van der Waals surface area (Å²) >= 11 is 6.03. The van der Waals surface area contributed by atoms with E-state index in [-0.39, 0.29) is 5.69 Å². The number of benzene rings is 1. The molecular formula is C12H11ClN2O2. The summed E-state index contributed by atoms with van der Waals surface area (Å²) in [4.78, 5) is 11.4. The molecule has 0 bridgehead atoms. The van der Waals surface area contributed by atoms with Crippen molar-refractivity contribution in [1.29, 1.82) is 0 Å². The third-order valence-corrected chi connectivity index (χ3v) is 2.49. The molecule has 0 aliphatic carbocycles. The zero-order valence-corrected chi connectivity index (χ0v) is 10.0. The fourth-order valence-electron chi connectivity index (χ4n) is 1.41. The van der Waals surface area contributed by atoms with Crippen LogP contribution in [0.25, 0.3) is 5.69 Å². The molecule has 1 aromatic carbocycles. The highest BCUT2D eigenvalue weighted by Gasteiger charge is 2.11. The van der Waals surface area contributed by atoms with E-state index in [1.54, 1.807) is 29.9 Å². The minimum Gasteiger partial charge on any atom is -0.461 e. The van der Waals surface area contributed by atoms with Crippen LogP contribution >= 0.6 is 11.6 Å². The summed E-state index contributed by atoms with van der Waals surface area (Å²) in [7, 11) is 0. The Morgan fingerprint density at radius 2 is 2.18 bits per heavy atom. The van der Waals surface area contributed by atoms with Gasteiger partial charge in [-0.1, -0.05) is 23.7 Å². The maximum atomic E-state index is 11.4. The Kier molecular flexibility index (Phi) is 3.44. The number of hydrogen-bond donors (Lipinski definition) is 0. The monoisotopic (exact) mass is 250 g/mol. The van der Waals surface area contributed by atoms with Gasteiger partial charge in [-0.15, -0.1) is 0 Å². The number of carbonyl (C=O) groups excluding carboxylic acids is 1. The summed E-state index contributed by atoms with van der Waals surface area (Å²) in [6.07, 6.45) is 1.67. The van der Waals surface area contributed by atoms with E-state index in [9.17, 15) is 4.79 Å². The number of ether oxygens (including phenoxy) is 1. The van der Waals surface area contributed by atoms with Crippen molar-refractivity contribution in [3.05, 3.63) is 47.2 Å². The van der Waals surface area contributed by atoms with Gasteiger partial charge < -0.3 is 4.74 Å². The first-order chi connectivity index (χ1) is 8.22. The van der Waals surface area contributed by atoms with Crippen LogP contribution in [0.2, 0.25) is 5.02 Å². The molecule has 4 nitrogen and oxygen atoms in total. The molecule has 2 aromatic rings. The molecule has 0 spiro atoms. The number of aromatic nitrogens is 2. The first kappa shape index (κ1) is 11.7. The predicted molar refractivity (Wildman–Crippen MR) is 64.5 cm³/mol. The maximum absolute atomic E-state index is 11.4. The van der Waals surface area contributed by atoms with Gasteiger partial charge in [-0.2, -0.15) is 5.10 Å². The number of carbonyl (C=O) groups is 1. The molecule has 0 atom stereocenters. The van der Waals surface area contributed by atoms with E-state index in [2.05, 4.69) is 5.10 Å². The van der Waals surface area contributed by atoms with Crippen LogP contribution < -0.4 is 0 Å². The average molecular weight is 251 g/mol. The van der Waals surface area contributed by atoms with Crippen LogP contribution in [-0.4, -0.2) is 22.4 Å². The van der Waals surface area contributed by atoms with Gasteiger partial charge in [0, 0.05) is 6.20 Å². The first-order valence-corrected chi connectivity index (χ1v) is 5.58. The number of nitrogens with zero attached hydrogens (tertiary/aromatic N) is 2. The molecule has 17 heavy (non-hydrogen) atoms. The van der Waals surface area contributed by atoms with Gasteiger partial charge in [-0.05, 0) is 25.1 Å². The second-order valence-electron chi connectivity index (χ2n) is 3.32. The molecule has 1 heterocycles. The third-order valence-electron chi connectivity index (χ3n) is 2.17. The predicted octanol–water partition coefficient (Wildman–Crippen LogP) is 2.70. The molecule has 0 aliphatic rings. The lowest BCUT2D eigenvalue weighted by Crippen LogP contribution is -2.06. The summed E-state index contributed by atoms with van der Waals surface area (Å²) < 4.78 is 6.41. The number of hydrogen-bond acceptors (Lipinski definition) is 3. The van der Waals surface area contributed by atoms with Crippen LogP contribution in [0.3, 0.4) is 0 Å². The Morgan fingerprint density at radius 1 is 1.41 bits per heavy atom. The van der Waals surface area contributed by atoms with Gasteiger partial charge in [0.25, 0.3) is 0 Å². The van der Waals surface area contributed by atoms with Crippen molar-refractivity contribution in [1.82, 2.24) is 9.78 Å². The Labute approximate surface area is 104 Å². The smallest absolute Gasteiger partial charge is 0.358 e. The lowest BCUT2D eigenvalue weighted by molar-refractivity contribution is 0.0519. The third kappa shape index (κ3) is 2.47. The van der Waals surface area contributed by atoms with E-state index in [1.165, 1.54) is 0 Å². The van der Waals surface area contributed by atoms with E-state index in [0.717, 1.165) is 5.69 Å². The molecule has 5 heteroatoms. The van der Waals surface area contributed by atoms with Gasteiger partial charge in [0.1, 0.15) is 0 Å². The van der Waals surface area contributed by atoms with Crippen LogP contribution in [0.15, 0.2) is 36.5 Å². The van der Waals surface area contributed by atoms with Gasteiger partial charge >= 0.3 is 5.97 Å². The van der Waals surface area contributed by atoms with E-state index >= 15 is 0 Å². The molecule has 0 unspecified atom stereocenters. The number of para-hydroxylation sites is 1. The zero-order valence-electron chi connectivity index (χ0n) is 9.26. The van der Waals surface area contributed by atoms with Crippen LogP contribution in [-0.2, 0) is 4.74 Å². The summed E-state index contributed by atoms with van der Waals surface area (Å²) in [6, 6.07) is 8.88.